The molecular formula is C13H15N3O2S3. The Hall–Kier alpha value is -1.35. The molecule has 112 valence electrons. The lowest BCUT2D eigenvalue weighted by atomic mass is 10.2. The molecule has 2 aromatic rings. The Labute approximate surface area is 133 Å². The average Bonchev–Trinajstić information content (AvgIpc) is 2.84. The van der Waals surface area contributed by atoms with Crippen molar-refractivity contribution < 1.29 is 8.42 Å². The molecule has 1 aromatic carbocycles. The van der Waals surface area contributed by atoms with E-state index in [2.05, 4.69) is 4.98 Å². The third-order valence-electron chi connectivity index (χ3n) is 2.89. The first kappa shape index (κ1) is 16.0. The number of benzene rings is 1. The SMILES string of the molecule is Cc1nc(CN(C)S(=O)(=O)c2ccccc2C(N)=S)cs1. The van der Waals surface area contributed by atoms with Gasteiger partial charge in [0.2, 0.25) is 10.0 Å². The van der Waals surface area contributed by atoms with Crippen LogP contribution in [0.4, 0.5) is 0 Å². The van der Waals surface area contributed by atoms with Crippen LogP contribution >= 0.6 is 23.6 Å². The van der Waals surface area contributed by atoms with Gasteiger partial charge in [-0.25, -0.2) is 13.4 Å². The van der Waals surface area contributed by atoms with E-state index in [1.807, 2.05) is 12.3 Å². The molecule has 0 saturated carbocycles. The van der Waals surface area contributed by atoms with Gasteiger partial charge in [0.15, 0.2) is 0 Å². The molecule has 0 aliphatic rings. The number of rotatable bonds is 5. The van der Waals surface area contributed by atoms with E-state index in [1.165, 1.54) is 28.8 Å². The van der Waals surface area contributed by atoms with E-state index in [0.717, 1.165) is 10.7 Å². The van der Waals surface area contributed by atoms with Gasteiger partial charge in [-0.05, 0) is 13.0 Å². The van der Waals surface area contributed by atoms with Crippen LogP contribution in [0.1, 0.15) is 16.3 Å². The summed E-state index contributed by atoms with van der Waals surface area (Å²) in [7, 11) is -2.16. The maximum absolute atomic E-state index is 12.7. The van der Waals surface area contributed by atoms with Crippen LogP contribution in [0.5, 0.6) is 0 Å². The van der Waals surface area contributed by atoms with Gasteiger partial charge in [0.05, 0.1) is 22.1 Å². The largest absolute Gasteiger partial charge is 0.389 e. The molecule has 1 aromatic heterocycles. The summed E-state index contributed by atoms with van der Waals surface area (Å²) in [5, 5.41) is 2.75. The maximum Gasteiger partial charge on any atom is 0.243 e. The monoisotopic (exact) mass is 341 g/mol. The number of nitrogens with zero attached hydrogens (tertiary/aromatic N) is 2. The van der Waals surface area contributed by atoms with Crippen molar-refractivity contribution in [2.45, 2.75) is 18.4 Å². The number of aryl methyl sites for hydroxylation is 1. The average molecular weight is 341 g/mol. The van der Waals surface area contributed by atoms with E-state index in [1.54, 1.807) is 18.2 Å². The van der Waals surface area contributed by atoms with Gasteiger partial charge in [-0.1, -0.05) is 30.4 Å². The number of hydrogen-bond donors (Lipinski definition) is 1. The zero-order valence-corrected chi connectivity index (χ0v) is 14.1. The van der Waals surface area contributed by atoms with Gasteiger partial charge in [0.1, 0.15) is 4.99 Å². The van der Waals surface area contributed by atoms with Crippen LogP contribution in [0.15, 0.2) is 34.5 Å². The number of aromatic nitrogens is 1. The molecule has 1 heterocycles. The second-order valence-electron chi connectivity index (χ2n) is 4.48. The van der Waals surface area contributed by atoms with Crippen molar-refractivity contribution >= 4 is 38.6 Å². The minimum absolute atomic E-state index is 0.0621. The van der Waals surface area contributed by atoms with Crippen molar-refractivity contribution in [2.24, 2.45) is 5.73 Å². The topological polar surface area (TPSA) is 76.3 Å². The fraction of sp³-hybridized carbons (Fsp3) is 0.231. The van der Waals surface area contributed by atoms with E-state index >= 15 is 0 Å². The smallest absolute Gasteiger partial charge is 0.243 e. The van der Waals surface area contributed by atoms with Gasteiger partial charge in [0, 0.05) is 18.0 Å². The van der Waals surface area contributed by atoms with Crippen LogP contribution in [-0.2, 0) is 16.6 Å². The highest BCUT2D eigenvalue weighted by molar-refractivity contribution is 7.89. The predicted octanol–water partition coefficient (Wildman–Crippen LogP) is 1.91. The van der Waals surface area contributed by atoms with Gasteiger partial charge in [-0.2, -0.15) is 4.31 Å². The molecule has 2 rings (SSSR count). The molecule has 0 aliphatic carbocycles. The van der Waals surface area contributed by atoms with Crippen LogP contribution < -0.4 is 5.73 Å². The maximum atomic E-state index is 12.7. The van der Waals surface area contributed by atoms with E-state index in [9.17, 15) is 8.42 Å². The fourth-order valence-electron chi connectivity index (χ4n) is 1.86. The molecule has 0 bridgehead atoms. The lowest BCUT2D eigenvalue weighted by molar-refractivity contribution is 0.462. The number of nitrogens with two attached hydrogens (primary N) is 1. The number of thiocarbonyl (C=S) groups is 1. The van der Waals surface area contributed by atoms with E-state index in [0.29, 0.717) is 5.56 Å². The van der Waals surface area contributed by atoms with E-state index in [4.69, 9.17) is 18.0 Å². The summed E-state index contributed by atoms with van der Waals surface area (Å²) in [6.45, 7) is 2.09. The third kappa shape index (κ3) is 3.46. The molecule has 5 nitrogen and oxygen atoms in total. The fourth-order valence-corrected chi connectivity index (χ4v) is 4.05. The highest BCUT2D eigenvalue weighted by Gasteiger charge is 2.25. The molecule has 2 N–H and O–H groups in total. The summed E-state index contributed by atoms with van der Waals surface area (Å²) >= 11 is 6.41. The second-order valence-corrected chi connectivity index (χ2v) is 7.99. The van der Waals surface area contributed by atoms with Crippen LogP contribution in [0.3, 0.4) is 0 Å². The molecular weight excluding hydrogens is 326 g/mol. The van der Waals surface area contributed by atoms with Crippen LogP contribution in [0, 0.1) is 6.92 Å². The summed E-state index contributed by atoms with van der Waals surface area (Å²) in [6.07, 6.45) is 0. The van der Waals surface area contributed by atoms with E-state index in [-0.39, 0.29) is 16.4 Å². The van der Waals surface area contributed by atoms with E-state index < -0.39 is 10.0 Å². The Bertz CT molecular complexity index is 768. The molecule has 0 unspecified atom stereocenters. The number of hydrogen-bond acceptors (Lipinski definition) is 5. The van der Waals surface area contributed by atoms with Gasteiger partial charge >= 0.3 is 0 Å². The van der Waals surface area contributed by atoms with Crippen molar-refractivity contribution in [1.29, 1.82) is 0 Å². The number of thiazole rings is 1. The first-order chi connectivity index (χ1) is 9.82. The van der Waals surface area contributed by atoms with Crippen LogP contribution in [-0.4, -0.2) is 29.7 Å². The summed E-state index contributed by atoms with van der Waals surface area (Å²) in [5.41, 5.74) is 6.68. The highest BCUT2D eigenvalue weighted by atomic mass is 32.2. The molecule has 0 aliphatic heterocycles. The first-order valence-electron chi connectivity index (χ1n) is 6.08. The second kappa shape index (κ2) is 6.18. The molecule has 0 amide bonds. The van der Waals surface area contributed by atoms with Gasteiger partial charge in [-0.3, -0.25) is 0 Å². The molecule has 21 heavy (non-hydrogen) atoms. The molecule has 0 saturated heterocycles. The normalized spacial score (nSPS) is 11.8. The minimum Gasteiger partial charge on any atom is -0.389 e. The lowest BCUT2D eigenvalue weighted by Gasteiger charge is -2.18. The summed E-state index contributed by atoms with van der Waals surface area (Å²) < 4.78 is 26.6. The number of sulfonamides is 1. The minimum atomic E-state index is -3.67. The Morgan fingerprint density at radius 1 is 1.43 bits per heavy atom. The summed E-state index contributed by atoms with van der Waals surface area (Å²) in [5.74, 6) is 0. The molecule has 0 fully saturated rings. The van der Waals surface area contributed by atoms with Crippen molar-refractivity contribution in [3.05, 3.63) is 45.9 Å². The van der Waals surface area contributed by atoms with Gasteiger partial charge < -0.3 is 5.73 Å². The Balaban J connectivity index is 2.35. The summed E-state index contributed by atoms with van der Waals surface area (Å²) in [4.78, 5) is 4.46. The first-order valence-corrected chi connectivity index (χ1v) is 8.81. The highest BCUT2D eigenvalue weighted by Crippen LogP contribution is 2.21. The van der Waals surface area contributed by atoms with Crippen molar-refractivity contribution in [2.75, 3.05) is 7.05 Å². The molecule has 0 atom stereocenters. The Morgan fingerprint density at radius 2 is 2.10 bits per heavy atom. The molecule has 0 spiro atoms. The van der Waals surface area contributed by atoms with Crippen molar-refractivity contribution in [3.8, 4) is 0 Å². The Kier molecular flexibility index (Phi) is 4.72. The summed E-state index contributed by atoms with van der Waals surface area (Å²) in [6, 6.07) is 6.47. The van der Waals surface area contributed by atoms with Crippen molar-refractivity contribution in [1.82, 2.24) is 9.29 Å². The van der Waals surface area contributed by atoms with Crippen LogP contribution in [0.25, 0.3) is 0 Å². The van der Waals surface area contributed by atoms with Crippen LogP contribution in [0.2, 0.25) is 0 Å². The standard InChI is InChI=1S/C13H15N3O2S3/c1-9-15-10(8-20-9)7-16(2)21(17,18)12-6-4-3-5-11(12)13(14)19/h3-6,8H,7H2,1-2H3,(H2,14,19). The third-order valence-corrected chi connectivity index (χ3v) is 5.80. The lowest BCUT2D eigenvalue weighted by Crippen LogP contribution is -2.28. The zero-order valence-electron chi connectivity index (χ0n) is 11.6. The molecule has 0 radical (unpaired) electrons. The quantitative estimate of drug-likeness (QED) is 0.841. The zero-order chi connectivity index (χ0) is 15.6. The predicted molar refractivity (Wildman–Crippen MR) is 87.8 cm³/mol. The van der Waals surface area contributed by atoms with Gasteiger partial charge in [-0.15, -0.1) is 11.3 Å². The van der Waals surface area contributed by atoms with Crippen molar-refractivity contribution in [3.63, 3.8) is 0 Å². The van der Waals surface area contributed by atoms with Gasteiger partial charge in [0.25, 0.3) is 0 Å². The molecule has 8 heteroatoms. The Morgan fingerprint density at radius 3 is 2.67 bits per heavy atom.